The van der Waals surface area contributed by atoms with Gasteiger partial charge in [-0.1, -0.05) is 17.3 Å². The van der Waals surface area contributed by atoms with E-state index in [9.17, 15) is 9.18 Å². The van der Waals surface area contributed by atoms with Gasteiger partial charge in [0.2, 0.25) is 0 Å². The van der Waals surface area contributed by atoms with Crippen LogP contribution < -0.4 is 10.2 Å². The molecule has 0 spiro atoms. The first-order valence-corrected chi connectivity index (χ1v) is 9.50. The summed E-state index contributed by atoms with van der Waals surface area (Å²) in [5, 5.41) is 10.9. The van der Waals surface area contributed by atoms with Gasteiger partial charge in [-0.15, -0.1) is 5.10 Å². The molecule has 3 aromatic rings. The number of morpholine rings is 1. The molecular formula is C21H22FN5O2. The Morgan fingerprint density at radius 1 is 1.07 bits per heavy atom. The topological polar surface area (TPSA) is 72.3 Å². The number of halogens is 1. The first-order chi connectivity index (χ1) is 14.1. The molecule has 1 N–H and O–H groups in total. The third kappa shape index (κ3) is 4.27. The number of benzene rings is 2. The van der Waals surface area contributed by atoms with Gasteiger partial charge >= 0.3 is 0 Å². The fourth-order valence-corrected chi connectivity index (χ4v) is 3.28. The normalized spacial score (nSPS) is 14.1. The number of anilines is 1. The van der Waals surface area contributed by atoms with Crippen molar-refractivity contribution in [3.05, 3.63) is 71.3 Å². The Kier molecular flexibility index (Phi) is 5.53. The third-order valence-electron chi connectivity index (χ3n) is 4.95. The van der Waals surface area contributed by atoms with Crippen LogP contribution in [0.3, 0.4) is 0 Å². The minimum atomic E-state index is -0.330. The number of carbonyl (C=O) groups excluding carboxylic acids is 1. The van der Waals surface area contributed by atoms with Gasteiger partial charge in [0.05, 0.1) is 24.6 Å². The lowest BCUT2D eigenvalue weighted by molar-refractivity contribution is 0.0945. The SMILES string of the molecule is Cc1c(C(=O)NCc2ccc(N3CCOCC3)cc2)nnn1-c1ccc(F)cc1. The molecule has 1 saturated heterocycles. The van der Waals surface area contributed by atoms with Gasteiger partial charge in [-0.3, -0.25) is 4.79 Å². The Labute approximate surface area is 168 Å². The average molecular weight is 395 g/mol. The van der Waals surface area contributed by atoms with E-state index < -0.39 is 0 Å². The van der Waals surface area contributed by atoms with Crippen molar-refractivity contribution in [3.63, 3.8) is 0 Å². The standard InChI is InChI=1S/C21H22FN5O2/c1-15-20(24-25-27(15)19-8-4-17(22)5-9-19)21(28)23-14-16-2-6-18(7-3-16)26-10-12-29-13-11-26/h2-9H,10-14H2,1H3,(H,23,28). The minimum absolute atomic E-state index is 0.249. The van der Waals surface area contributed by atoms with Gasteiger partial charge < -0.3 is 15.0 Å². The van der Waals surface area contributed by atoms with E-state index in [-0.39, 0.29) is 17.4 Å². The lowest BCUT2D eigenvalue weighted by Crippen LogP contribution is -2.36. The summed E-state index contributed by atoms with van der Waals surface area (Å²) in [7, 11) is 0. The Morgan fingerprint density at radius 2 is 1.72 bits per heavy atom. The zero-order valence-corrected chi connectivity index (χ0v) is 16.1. The first kappa shape index (κ1) is 19.1. The van der Waals surface area contributed by atoms with Crippen LogP contribution >= 0.6 is 0 Å². The monoisotopic (exact) mass is 395 g/mol. The summed E-state index contributed by atoms with van der Waals surface area (Å²) in [6.07, 6.45) is 0. The highest BCUT2D eigenvalue weighted by Crippen LogP contribution is 2.17. The molecule has 1 aromatic heterocycles. The van der Waals surface area contributed by atoms with Crippen LogP contribution in [0, 0.1) is 12.7 Å². The summed E-state index contributed by atoms with van der Waals surface area (Å²) in [6, 6.07) is 14.0. The summed E-state index contributed by atoms with van der Waals surface area (Å²) in [6.45, 7) is 5.42. The fraction of sp³-hybridized carbons (Fsp3) is 0.286. The Morgan fingerprint density at radius 3 is 2.41 bits per heavy atom. The predicted molar refractivity (Wildman–Crippen MR) is 107 cm³/mol. The zero-order chi connectivity index (χ0) is 20.2. The number of hydrogen-bond acceptors (Lipinski definition) is 5. The van der Waals surface area contributed by atoms with Gasteiger partial charge in [-0.05, 0) is 48.9 Å². The number of aromatic nitrogens is 3. The Hall–Kier alpha value is -3.26. The second-order valence-corrected chi connectivity index (χ2v) is 6.86. The molecule has 150 valence electrons. The van der Waals surface area contributed by atoms with Crippen LogP contribution in [-0.4, -0.2) is 47.2 Å². The van der Waals surface area contributed by atoms with Gasteiger partial charge in [0.15, 0.2) is 5.69 Å². The Bertz CT molecular complexity index is 979. The molecule has 2 aromatic carbocycles. The molecule has 1 aliphatic rings. The molecule has 7 nitrogen and oxygen atoms in total. The van der Waals surface area contributed by atoms with E-state index in [2.05, 4.69) is 32.7 Å². The molecule has 0 aliphatic carbocycles. The van der Waals surface area contributed by atoms with E-state index in [1.807, 2.05) is 12.1 Å². The summed E-state index contributed by atoms with van der Waals surface area (Å²) in [5.41, 5.74) is 3.64. The van der Waals surface area contributed by atoms with Gasteiger partial charge in [-0.25, -0.2) is 9.07 Å². The summed E-state index contributed by atoms with van der Waals surface area (Å²) in [5.74, 6) is -0.628. The van der Waals surface area contributed by atoms with E-state index in [1.54, 1.807) is 19.1 Å². The first-order valence-electron chi connectivity index (χ1n) is 9.50. The zero-order valence-electron chi connectivity index (χ0n) is 16.1. The van der Waals surface area contributed by atoms with Crippen LogP contribution in [-0.2, 0) is 11.3 Å². The van der Waals surface area contributed by atoms with Crippen LogP contribution in [0.25, 0.3) is 5.69 Å². The van der Waals surface area contributed by atoms with E-state index >= 15 is 0 Å². The number of rotatable bonds is 5. The van der Waals surface area contributed by atoms with E-state index in [1.165, 1.54) is 16.8 Å². The minimum Gasteiger partial charge on any atom is -0.378 e. The number of hydrogen-bond donors (Lipinski definition) is 1. The molecule has 8 heteroatoms. The maximum Gasteiger partial charge on any atom is 0.274 e. The quantitative estimate of drug-likeness (QED) is 0.719. The van der Waals surface area contributed by atoms with Crippen molar-refractivity contribution in [2.45, 2.75) is 13.5 Å². The molecular weight excluding hydrogens is 373 g/mol. The highest BCUT2D eigenvalue weighted by molar-refractivity contribution is 5.93. The van der Waals surface area contributed by atoms with Gasteiger partial charge in [0, 0.05) is 25.3 Å². The van der Waals surface area contributed by atoms with Crippen LogP contribution in [0.4, 0.5) is 10.1 Å². The Balaban J connectivity index is 1.39. The molecule has 0 bridgehead atoms. The molecule has 2 heterocycles. The maximum atomic E-state index is 13.1. The molecule has 0 radical (unpaired) electrons. The second-order valence-electron chi connectivity index (χ2n) is 6.86. The molecule has 1 fully saturated rings. The molecule has 1 aliphatic heterocycles. The predicted octanol–water partition coefficient (Wildman–Crippen LogP) is 2.48. The van der Waals surface area contributed by atoms with E-state index in [4.69, 9.17) is 4.74 Å². The third-order valence-corrected chi connectivity index (χ3v) is 4.95. The maximum absolute atomic E-state index is 13.1. The molecule has 0 unspecified atom stereocenters. The summed E-state index contributed by atoms with van der Waals surface area (Å²) >= 11 is 0. The highest BCUT2D eigenvalue weighted by Gasteiger charge is 2.17. The number of carbonyl (C=O) groups is 1. The van der Waals surface area contributed by atoms with Gasteiger partial charge in [0.25, 0.3) is 5.91 Å². The number of amides is 1. The second kappa shape index (κ2) is 8.40. The van der Waals surface area contributed by atoms with Crippen molar-refractivity contribution in [2.24, 2.45) is 0 Å². The van der Waals surface area contributed by atoms with E-state index in [0.29, 0.717) is 17.9 Å². The number of nitrogens with one attached hydrogen (secondary N) is 1. The molecule has 0 saturated carbocycles. The van der Waals surface area contributed by atoms with Crippen molar-refractivity contribution in [3.8, 4) is 5.69 Å². The van der Waals surface area contributed by atoms with E-state index in [0.717, 1.165) is 37.6 Å². The molecule has 29 heavy (non-hydrogen) atoms. The van der Waals surface area contributed by atoms with Crippen LogP contribution in [0.1, 0.15) is 21.7 Å². The van der Waals surface area contributed by atoms with Crippen LogP contribution in [0.2, 0.25) is 0 Å². The number of ether oxygens (including phenoxy) is 1. The lowest BCUT2D eigenvalue weighted by Gasteiger charge is -2.28. The van der Waals surface area contributed by atoms with Crippen LogP contribution in [0.15, 0.2) is 48.5 Å². The van der Waals surface area contributed by atoms with Crippen LogP contribution in [0.5, 0.6) is 0 Å². The lowest BCUT2D eigenvalue weighted by atomic mass is 10.2. The van der Waals surface area contributed by atoms with Crippen molar-refractivity contribution in [2.75, 3.05) is 31.2 Å². The highest BCUT2D eigenvalue weighted by atomic mass is 19.1. The van der Waals surface area contributed by atoms with Gasteiger partial charge in [0.1, 0.15) is 5.82 Å². The molecule has 1 amide bonds. The summed E-state index contributed by atoms with van der Waals surface area (Å²) in [4.78, 5) is 14.8. The smallest absolute Gasteiger partial charge is 0.274 e. The summed E-state index contributed by atoms with van der Waals surface area (Å²) < 4.78 is 20.0. The average Bonchev–Trinajstić information content (AvgIpc) is 3.15. The number of nitrogens with zero attached hydrogens (tertiary/aromatic N) is 4. The van der Waals surface area contributed by atoms with Gasteiger partial charge in [-0.2, -0.15) is 0 Å². The molecule has 4 rings (SSSR count). The van der Waals surface area contributed by atoms with Crippen molar-refractivity contribution < 1.29 is 13.9 Å². The molecule has 0 atom stereocenters. The largest absolute Gasteiger partial charge is 0.378 e. The van der Waals surface area contributed by atoms with Crippen molar-refractivity contribution >= 4 is 11.6 Å². The van der Waals surface area contributed by atoms with Crippen molar-refractivity contribution in [1.82, 2.24) is 20.3 Å². The fourth-order valence-electron chi connectivity index (χ4n) is 3.28. The van der Waals surface area contributed by atoms with Crippen molar-refractivity contribution in [1.29, 1.82) is 0 Å².